The van der Waals surface area contributed by atoms with Gasteiger partial charge in [-0.05, 0) is 30.5 Å². The van der Waals surface area contributed by atoms with Gasteiger partial charge in [0.05, 0.1) is 18.4 Å². The van der Waals surface area contributed by atoms with Crippen molar-refractivity contribution in [2.75, 3.05) is 13.7 Å². The van der Waals surface area contributed by atoms with Crippen LogP contribution in [-0.2, 0) is 20.5 Å². The third-order valence-corrected chi connectivity index (χ3v) is 5.75. The molecule has 1 saturated carbocycles. The van der Waals surface area contributed by atoms with E-state index in [9.17, 15) is 13.2 Å². The lowest BCUT2D eigenvalue weighted by Gasteiger charge is -2.28. The van der Waals surface area contributed by atoms with E-state index in [1.54, 1.807) is 18.2 Å². The van der Waals surface area contributed by atoms with Crippen molar-refractivity contribution in [1.29, 1.82) is 0 Å². The van der Waals surface area contributed by atoms with E-state index < -0.39 is 21.5 Å². The molecule has 1 aliphatic carbocycles. The maximum atomic E-state index is 12.3. The monoisotopic (exact) mass is 390 g/mol. The molecule has 8 heteroatoms. The number of halogens is 1. The number of hydrogen-bond donors (Lipinski definition) is 2. The number of rotatable bonds is 6. The number of sulfonamides is 1. The highest BCUT2D eigenvalue weighted by Crippen LogP contribution is 2.24. The molecule has 0 unspecified atom stereocenters. The zero-order valence-corrected chi connectivity index (χ0v) is 16.1. The quantitative estimate of drug-likeness (QED) is 0.573. The highest BCUT2D eigenvalue weighted by molar-refractivity contribution is 7.88. The van der Waals surface area contributed by atoms with Crippen molar-refractivity contribution in [3.63, 3.8) is 0 Å². The zero-order valence-electron chi connectivity index (χ0n) is 14.5. The van der Waals surface area contributed by atoms with E-state index in [1.807, 2.05) is 0 Å². The molecular formula is C17H27ClN2O4S. The van der Waals surface area contributed by atoms with Crippen LogP contribution in [0.3, 0.4) is 0 Å². The fraction of sp³-hybridized carbons (Fsp3) is 0.588. The molecule has 1 aromatic carbocycles. The first-order chi connectivity index (χ1) is 11.3. The van der Waals surface area contributed by atoms with Crippen LogP contribution in [0, 0.1) is 0 Å². The van der Waals surface area contributed by atoms with E-state index in [0.717, 1.165) is 38.5 Å². The van der Waals surface area contributed by atoms with Crippen molar-refractivity contribution in [2.24, 2.45) is 5.73 Å². The molecule has 0 amide bonds. The molecule has 0 aliphatic heterocycles. The van der Waals surface area contributed by atoms with Crippen molar-refractivity contribution >= 4 is 28.4 Å². The summed E-state index contributed by atoms with van der Waals surface area (Å²) in [7, 11) is -2.22. The first kappa shape index (κ1) is 21.9. The van der Waals surface area contributed by atoms with E-state index in [1.165, 1.54) is 13.2 Å². The molecule has 6 nitrogen and oxygen atoms in total. The lowest BCUT2D eigenvalue weighted by atomic mass is 9.92. The van der Waals surface area contributed by atoms with Gasteiger partial charge >= 0.3 is 5.97 Å². The van der Waals surface area contributed by atoms with Crippen molar-refractivity contribution in [1.82, 2.24) is 4.72 Å². The molecule has 2 rings (SSSR count). The highest BCUT2D eigenvalue weighted by atomic mass is 35.5. The Labute approximate surface area is 156 Å². The first-order valence-corrected chi connectivity index (χ1v) is 9.92. The van der Waals surface area contributed by atoms with Gasteiger partial charge in [0.2, 0.25) is 10.0 Å². The van der Waals surface area contributed by atoms with E-state index >= 15 is 0 Å². The van der Waals surface area contributed by atoms with Gasteiger partial charge in [-0.15, -0.1) is 12.4 Å². The molecule has 1 aromatic rings. The summed E-state index contributed by atoms with van der Waals surface area (Å²) in [6.07, 6.45) is 6.08. The summed E-state index contributed by atoms with van der Waals surface area (Å²) in [5.41, 5.74) is 6.77. The minimum Gasteiger partial charge on any atom is -0.465 e. The Morgan fingerprint density at radius 3 is 2.48 bits per heavy atom. The molecule has 25 heavy (non-hydrogen) atoms. The topological polar surface area (TPSA) is 98.5 Å². The van der Waals surface area contributed by atoms with Crippen LogP contribution >= 0.6 is 12.4 Å². The molecule has 0 radical (unpaired) electrons. The third-order valence-electron chi connectivity index (χ3n) is 4.45. The van der Waals surface area contributed by atoms with E-state index in [-0.39, 0.29) is 24.7 Å². The van der Waals surface area contributed by atoms with Crippen LogP contribution in [0.2, 0.25) is 0 Å². The molecule has 142 valence electrons. The Balaban J connectivity index is 0.00000312. The molecule has 1 aliphatic rings. The molecule has 0 heterocycles. The number of nitrogens with two attached hydrogens (primary N) is 1. The Hall–Kier alpha value is -1.15. The fourth-order valence-corrected chi connectivity index (χ4v) is 4.27. The van der Waals surface area contributed by atoms with Crippen molar-refractivity contribution in [3.05, 3.63) is 35.4 Å². The van der Waals surface area contributed by atoms with Crippen LogP contribution in [-0.4, -0.2) is 33.6 Å². The number of carbonyl (C=O) groups excluding carboxylic acids is 1. The summed E-state index contributed by atoms with van der Waals surface area (Å²) >= 11 is 0. The van der Waals surface area contributed by atoms with Crippen molar-refractivity contribution in [2.45, 2.75) is 49.8 Å². The van der Waals surface area contributed by atoms with E-state index in [4.69, 9.17) is 5.73 Å². The number of nitrogens with one attached hydrogen (secondary N) is 1. The number of methoxy groups -OCH3 is 1. The normalized spacial score (nSPS) is 17.2. The number of hydrogen-bond acceptors (Lipinski definition) is 5. The van der Waals surface area contributed by atoms with Gasteiger partial charge in [-0.1, -0.05) is 37.8 Å². The largest absolute Gasteiger partial charge is 0.465 e. The Bertz CT molecular complexity index is 671. The highest BCUT2D eigenvalue weighted by Gasteiger charge is 2.28. The van der Waals surface area contributed by atoms with Crippen LogP contribution in [0.1, 0.15) is 54.4 Å². The van der Waals surface area contributed by atoms with Gasteiger partial charge in [0, 0.05) is 12.1 Å². The lowest BCUT2D eigenvalue weighted by Crippen LogP contribution is -2.49. The summed E-state index contributed by atoms with van der Waals surface area (Å²) in [6.45, 7) is 0.256. The summed E-state index contributed by atoms with van der Waals surface area (Å²) in [5, 5.41) is 0. The maximum Gasteiger partial charge on any atom is 0.337 e. The van der Waals surface area contributed by atoms with E-state index in [2.05, 4.69) is 9.46 Å². The van der Waals surface area contributed by atoms with Crippen LogP contribution in [0.15, 0.2) is 24.3 Å². The molecule has 0 spiro atoms. The van der Waals surface area contributed by atoms with Crippen LogP contribution in [0.4, 0.5) is 0 Å². The van der Waals surface area contributed by atoms with Gasteiger partial charge < -0.3 is 10.5 Å². The Morgan fingerprint density at radius 2 is 1.88 bits per heavy atom. The third kappa shape index (κ3) is 6.93. The lowest BCUT2D eigenvalue weighted by molar-refractivity contribution is 0.0600. The van der Waals surface area contributed by atoms with Crippen LogP contribution < -0.4 is 10.5 Å². The Kier molecular flexibility index (Phi) is 8.34. The second kappa shape index (κ2) is 9.52. The van der Waals surface area contributed by atoms with E-state index in [0.29, 0.717) is 11.1 Å². The fourth-order valence-electron chi connectivity index (χ4n) is 3.04. The predicted octanol–water partition coefficient (Wildman–Crippen LogP) is 2.37. The molecule has 0 bridgehead atoms. The summed E-state index contributed by atoms with van der Waals surface area (Å²) in [6, 6.07) is 6.45. The minimum atomic E-state index is -3.52. The second-order valence-corrected chi connectivity index (χ2v) is 8.36. The minimum absolute atomic E-state index is 0. The second-order valence-electron chi connectivity index (χ2n) is 6.55. The van der Waals surface area contributed by atoms with Crippen LogP contribution in [0.25, 0.3) is 0 Å². The molecule has 0 atom stereocenters. The SMILES string of the molecule is COC(=O)c1cccc(CS(=O)(=O)NCC2(N)CCCCCC2)c1.Cl. The van der Waals surface area contributed by atoms with Gasteiger partial charge in [-0.25, -0.2) is 17.9 Å². The average Bonchev–Trinajstić information content (AvgIpc) is 2.77. The molecule has 1 fully saturated rings. The molecule has 3 N–H and O–H groups in total. The standard InChI is InChI=1S/C17H26N2O4S.ClH/c1-23-16(20)15-8-6-7-14(11-15)12-24(21,22)19-13-17(18)9-4-2-3-5-10-17;/h6-8,11,19H,2-5,9-10,12-13,18H2,1H3;1H. The summed E-state index contributed by atoms with van der Waals surface area (Å²) in [5.74, 6) is -0.671. The van der Waals surface area contributed by atoms with Gasteiger partial charge in [-0.3, -0.25) is 0 Å². The summed E-state index contributed by atoms with van der Waals surface area (Å²) < 4.78 is 32.0. The van der Waals surface area contributed by atoms with Crippen molar-refractivity contribution < 1.29 is 17.9 Å². The predicted molar refractivity (Wildman–Crippen MR) is 100 cm³/mol. The Morgan fingerprint density at radius 1 is 1.24 bits per heavy atom. The average molecular weight is 391 g/mol. The van der Waals surface area contributed by atoms with Gasteiger partial charge in [0.25, 0.3) is 0 Å². The van der Waals surface area contributed by atoms with Crippen molar-refractivity contribution in [3.8, 4) is 0 Å². The van der Waals surface area contributed by atoms with Gasteiger partial charge in [0.15, 0.2) is 0 Å². The maximum absolute atomic E-state index is 12.3. The molecular weight excluding hydrogens is 364 g/mol. The molecule has 0 aromatic heterocycles. The number of ether oxygens (including phenoxy) is 1. The first-order valence-electron chi connectivity index (χ1n) is 8.27. The van der Waals surface area contributed by atoms with Gasteiger partial charge in [-0.2, -0.15) is 0 Å². The zero-order chi connectivity index (χ0) is 17.6. The number of benzene rings is 1. The van der Waals surface area contributed by atoms with Crippen LogP contribution in [0.5, 0.6) is 0 Å². The number of esters is 1. The smallest absolute Gasteiger partial charge is 0.337 e. The molecule has 0 saturated heterocycles. The number of carbonyl (C=O) groups is 1. The van der Waals surface area contributed by atoms with Gasteiger partial charge in [0.1, 0.15) is 0 Å². The summed E-state index contributed by atoms with van der Waals surface area (Å²) in [4.78, 5) is 11.5.